The lowest BCUT2D eigenvalue weighted by molar-refractivity contribution is 0.784. The highest BCUT2D eigenvalue weighted by atomic mass is 79.9. The fourth-order valence-corrected chi connectivity index (χ4v) is 9.98. The zero-order chi connectivity index (χ0) is 22.6. The second-order valence-corrected chi connectivity index (χ2v) is 16.9. The topological polar surface area (TPSA) is 0 Å². The molecule has 164 valence electrons. The van der Waals surface area contributed by atoms with Crippen LogP contribution in [0.2, 0.25) is 0 Å². The third-order valence-corrected chi connectivity index (χ3v) is 13.0. The number of halogens is 1. The number of hydrogen-bond acceptors (Lipinski definition) is 0. The van der Waals surface area contributed by atoms with E-state index < -0.39 is 0 Å². The lowest BCUT2D eigenvalue weighted by Crippen LogP contribution is -2.21. The molecular weight excluding hydrogens is 478 g/mol. The van der Waals surface area contributed by atoms with Gasteiger partial charge in [0.1, 0.15) is 0 Å². The summed E-state index contributed by atoms with van der Waals surface area (Å²) < 4.78 is 1.32. The Hall–Kier alpha value is -1.00. The van der Waals surface area contributed by atoms with Gasteiger partial charge in [0, 0.05) is 4.47 Å². The van der Waals surface area contributed by atoms with Crippen molar-refractivity contribution in [3.8, 4) is 0 Å². The van der Waals surface area contributed by atoms with Crippen molar-refractivity contribution in [1.29, 1.82) is 0 Å². The van der Waals surface area contributed by atoms with Gasteiger partial charge in [-0.15, -0.1) is 0 Å². The molecule has 0 fully saturated rings. The monoisotopic (exact) mass is 512 g/mol. The second-order valence-electron chi connectivity index (χ2n) is 10.1. The molecule has 0 N–H and O–H groups in total. The Bertz CT molecular complexity index is 892. The summed E-state index contributed by atoms with van der Waals surface area (Å²) in [5.74, 6) is 0. The largest absolute Gasteiger partial charge is 0.0653 e. The van der Waals surface area contributed by atoms with Gasteiger partial charge >= 0.3 is 0 Å². The van der Waals surface area contributed by atoms with Gasteiger partial charge in [0.15, 0.2) is 0 Å². The summed E-state index contributed by atoms with van der Waals surface area (Å²) in [7, 11) is -0.626. The summed E-state index contributed by atoms with van der Waals surface area (Å²) in [5, 5.41) is 3.50. The first-order valence-corrected chi connectivity index (χ1v) is 14.8. The molecule has 0 spiro atoms. The molecule has 0 nitrogen and oxygen atoms in total. The molecule has 3 aromatic rings. The molecule has 31 heavy (non-hydrogen) atoms. The van der Waals surface area contributed by atoms with E-state index in [9.17, 15) is 0 Å². The molecule has 0 heterocycles. The van der Waals surface area contributed by atoms with Crippen LogP contribution in [-0.2, 0) is 12.3 Å². The van der Waals surface area contributed by atoms with Crippen molar-refractivity contribution in [2.24, 2.45) is 0 Å². The zero-order valence-electron chi connectivity index (χ0n) is 19.7. The maximum Gasteiger partial charge on any atom is 0.0246 e. The standard InChI is InChI=1S/C28H35BrP2/c1-27(2,3)30(24-16-9-7-10-17-24)20-22-14-13-15-23(26(22)29)21-31(28(4,5)6)25-18-11-8-12-19-25/h7-19H,20-21H2,1-6H3. The van der Waals surface area contributed by atoms with Crippen molar-refractivity contribution in [3.63, 3.8) is 0 Å². The first-order valence-electron chi connectivity index (χ1n) is 11.0. The van der Waals surface area contributed by atoms with E-state index in [-0.39, 0.29) is 26.2 Å². The van der Waals surface area contributed by atoms with Gasteiger partial charge in [-0.1, -0.05) is 152 Å². The molecule has 0 saturated carbocycles. The van der Waals surface area contributed by atoms with Gasteiger partial charge in [-0.3, -0.25) is 0 Å². The highest BCUT2D eigenvalue weighted by Gasteiger charge is 2.29. The van der Waals surface area contributed by atoms with E-state index in [1.54, 1.807) is 0 Å². The first kappa shape index (κ1) is 24.6. The number of hydrogen-bond donors (Lipinski definition) is 0. The van der Waals surface area contributed by atoms with E-state index in [1.807, 2.05) is 0 Å². The van der Waals surface area contributed by atoms with E-state index in [1.165, 1.54) is 26.2 Å². The van der Waals surface area contributed by atoms with E-state index in [0.717, 1.165) is 12.3 Å². The Kier molecular flexibility index (Phi) is 8.18. The molecule has 0 aliphatic carbocycles. The van der Waals surface area contributed by atoms with E-state index in [2.05, 4.69) is 136 Å². The van der Waals surface area contributed by atoms with Crippen LogP contribution in [0.15, 0.2) is 83.3 Å². The fourth-order valence-electron chi connectivity index (χ4n) is 3.87. The molecule has 0 aliphatic rings. The van der Waals surface area contributed by atoms with Gasteiger partial charge in [0.25, 0.3) is 0 Å². The van der Waals surface area contributed by atoms with Crippen molar-refractivity contribution in [2.75, 3.05) is 0 Å². The Morgan fingerprint density at radius 3 is 1.23 bits per heavy atom. The van der Waals surface area contributed by atoms with Crippen LogP contribution in [0.3, 0.4) is 0 Å². The van der Waals surface area contributed by atoms with Crippen LogP contribution < -0.4 is 10.6 Å². The molecule has 0 amide bonds. The summed E-state index contributed by atoms with van der Waals surface area (Å²) >= 11 is 4.04. The number of rotatable bonds is 6. The van der Waals surface area contributed by atoms with Crippen LogP contribution in [0.5, 0.6) is 0 Å². The van der Waals surface area contributed by atoms with E-state index in [4.69, 9.17) is 0 Å². The van der Waals surface area contributed by atoms with Crippen LogP contribution in [0.25, 0.3) is 0 Å². The average Bonchev–Trinajstić information content (AvgIpc) is 2.71. The summed E-state index contributed by atoms with van der Waals surface area (Å²) in [6.07, 6.45) is 2.21. The fraction of sp³-hybridized carbons (Fsp3) is 0.357. The third-order valence-electron chi connectivity index (χ3n) is 5.57. The molecule has 0 aromatic heterocycles. The average molecular weight is 513 g/mol. The molecule has 3 rings (SSSR count). The minimum Gasteiger partial charge on any atom is -0.0653 e. The van der Waals surface area contributed by atoms with Gasteiger partial charge in [-0.25, -0.2) is 0 Å². The molecule has 3 heteroatoms. The second kappa shape index (κ2) is 10.3. The SMILES string of the molecule is CC(C)(C)P(Cc1cccc(CP(c2ccccc2)C(C)(C)C)c1Br)c1ccccc1. The minimum absolute atomic E-state index is 0.258. The summed E-state index contributed by atoms with van der Waals surface area (Å²) in [5.41, 5.74) is 2.89. The Morgan fingerprint density at radius 1 is 0.548 bits per heavy atom. The summed E-state index contributed by atoms with van der Waals surface area (Å²) in [6, 6.07) is 29.1. The summed E-state index contributed by atoms with van der Waals surface area (Å²) in [6.45, 7) is 14.3. The van der Waals surface area contributed by atoms with Crippen molar-refractivity contribution in [1.82, 2.24) is 0 Å². The van der Waals surface area contributed by atoms with Crippen LogP contribution in [0.4, 0.5) is 0 Å². The smallest absolute Gasteiger partial charge is 0.0246 e. The predicted octanol–water partition coefficient (Wildman–Crippen LogP) is 8.66. The van der Waals surface area contributed by atoms with Gasteiger partial charge in [-0.2, -0.15) is 0 Å². The molecule has 0 bridgehead atoms. The Balaban J connectivity index is 1.93. The normalized spacial score (nSPS) is 14.3. The molecule has 0 saturated heterocycles. The van der Waals surface area contributed by atoms with Crippen molar-refractivity contribution in [2.45, 2.75) is 64.2 Å². The first-order chi connectivity index (χ1) is 14.6. The molecular formula is C28H35BrP2. The van der Waals surface area contributed by atoms with Crippen molar-refractivity contribution in [3.05, 3.63) is 94.5 Å². The molecule has 3 aromatic carbocycles. The highest BCUT2D eigenvalue weighted by Crippen LogP contribution is 2.54. The van der Waals surface area contributed by atoms with Crippen LogP contribution in [0.1, 0.15) is 52.7 Å². The highest BCUT2D eigenvalue weighted by molar-refractivity contribution is 9.10. The van der Waals surface area contributed by atoms with E-state index in [0.29, 0.717) is 0 Å². The predicted molar refractivity (Wildman–Crippen MR) is 147 cm³/mol. The number of benzene rings is 3. The lowest BCUT2D eigenvalue weighted by atomic mass is 10.2. The van der Waals surface area contributed by atoms with Crippen molar-refractivity contribution < 1.29 is 0 Å². The zero-order valence-corrected chi connectivity index (χ0v) is 23.1. The van der Waals surface area contributed by atoms with Crippen molar-refractivity contribution >= 4 is 42.4 Å². The van der Waals surface area contributed by atoms with Gasteiger partial charge in [0.2, 0.25) is 0 Å². The Morgan fingerprint density at radius 2 is 0.903 bits per heavy atom. The van der Waals surface area contributed by atoms with Crippen LogP contribution >= 0.6 is 31.8 Å². The minimum atomic E-state index is -0.313. The third kappa shape index (κ3) is 6.51. The molecule has 2 unspecified atom stereocenters. The maximum absolute atomic E-state index is 4.04. The lowest BCUT2D eigenvalue weighted by Gasteiger charge is -2.34. The molecule has 0 radical (unpaired) electrons. The molecule has 0 aliphatic heterocycles. The maximum atomic E-state index is 4.04. The Labute approximate surface area is 200 Å². The van der Waals surface area contributed by atoms with Crippen LogP contribution in [-0.4, -0.2) is 10.3 Å². The van der Waals surface area contributed by atoms with Crippen LogP contribution in [0, 0.1) is 0 Å². The van der Waals surface area contributed by atoms with Gasteiger partial charge < -0.3 is 0 Å². The van der Waals surface area contributed by atoms with Gasteiger partial charge in [-0.05, 0) is 44.4 Å². The quantitative estimate of drug-likeness (QED) is 0.290. The molecule has 2 atom stereocenters. The van der Waals surface area contributed by atoms with E-state index >= 15 is 0 Å². The summed E-state index contributed by atoms with van der Waals surface area (Å²) in [4.78, 5) is 0. The van der Waals surface area contributed by atoms with Gasteiger partial charge in [0.05, 0.1) is 0 Å².